The lowest BCUT2D eigenvalue weighted by atomic mass is 10.9. The molecule has 0 aromatic carbocycles. The Bertz CT molecular complexity index is 62.6. The molecule has 0 aromatic heterocycles. The van der Waals surface area contributed by atoms with E-state index >= 15 is 0 Å². The van der Waals surface area contributed by atoms with E-state index in [0.717, 1.165) is 0 Å². The molecule has 0 spiro atoms. The van der Waals surface area contributed by atoms with Crippen LogP contribution in [0.3, 0.4) is 0 Å². The average molecular weight is 180 g/mol. The lowest BCUT2D eigenvalue weighted by molar-refractivity contribution is 1.49. The molecule has 0 aliphatic heterocycles. The second-order valence-corrected chi connectivity index (χ2v) is 0.224. The van der Waals surface area contributed by atoms with Crippen LogP contribution in [-0.2, 0) is 0 Å². The van der Waals surface area contributed by atoms with Crippen LogP contribution in [0.15, 0.2) is 0 Å². The molecule has 0 unspecified atom stereocenters. The van der Waals surface area contributed by atoms with Gasteiger partial charge in [-0.25, -0.2) is 0 Å². The van der Waals surface area contributed by atoms with Crippen molar-refractivity contribution in [3.05, 3.63) is 0 Å². The number of rotatable bonds is 0. The maximum Gasteiger partial charge on any atom is 0.181 e. The molecule has 0 amide bonds. The van der Waals surface area contributed by atoms with Crippen LogP contribution < -0.4 is 0 Å². The fourth-order valence-corrected chi connectivity index (χ4v) is 0. The van der Waals surface area contributed by atoms with Gasteiger partial charge in [0.1, 0.15) is 0 Å². The van der Waals surface area contributed by atoms with E-state index in [1.165, 1.54) is 12.1 Å². The van der Waals surface area contributed by atoms with E-state index in [9.17, 15) is 0 Å². The molecular formula is C2HIN2. The second kappa shape index (κ2) is 9.32. The number of hydrogen-bond acceptors (Lipinski definition) is 2. The molecule has 0 N–H and O–H groups in total. The van der Waals surface area contributed by atoms with E-state index in [0.29, 0.717) is 0 Å². The number of nitriles is 2. The highest BCUT2D eigenvalue weighted by Gasteiger charge is 1.39. The molecule has 0 aliphatic carbocycles. The summed E-state index contributed by atoms with van der Waals surface area (Å²) >= 11 is 0. The fraction of sp³-hybridized carbons (Fsp3) is 0. The van der Waals surface area contributed by atoms with Crippen LogP contribution in [0.5, 0.6) is 0 Å². The van der Waals surface area contributed by atoms with Crippen molar-refractivity contribution >= 4 is 24.0 Å². The fourth-order valence-electron chi connectivity index (χ4n) is 0. The maximum atomic E-state index is 7.26. The van der Waals surface area contributed by atoms with Crippen molar-refractivity contribution in [3.8, 4) is 12.1 Å². The molecule has 2 nitrogen and oxygen atoms in total. The Balaban J connectivity index is 0. The average Bonchev–Trinajstić information content (AvgIpc) is 1.37. The molecular weight excluding hydrogens is 179 g/mol. The van der Waals surface area contributed by atoms with Crippen molar-refractivity contribution < 1.29 is 0 Å². The van der Waals surface area contributed by atoms with Gasteiger partial charge in [-0.2, -0.15) is 10.5 Å². The Morgan fingerprint density at radius 1 is 1.00 bits per heavy atom. The highest BCUT2D eigenvalue weighted by Crippen LogP contribution is 1.27. The Hall–Kier alpha value is -0.290. The zero-order chi connectivity index (χ0) is 3.41. The lowest BCUT2D eigenvalue weighted by Gasteiger charge is -1.16. The predicted molar refractivity (Wildman–Crippen MR) is 26.6 cm³/mol. The molecule has 0 bridgehead atoms. The minimum atomic E-state index is 0. The molecule has 0 heterocycles. The summed E-state index contributed by atoms with van der Waals surface area (Å²) in [4.78, 5) is 0. The summed E-state index contributed by atoms with van der Waals surface area (Å²) in [6, 6.07) is 2.47. The van der Waals surface area contributed by atoms with E-state index in [1.54, 1.807) is 0 Å². The molecule has 0 aliphatic rings. The van der Waals surface area contributed by atoms with Gasteiger partial charge >= 0.3 is 0 Å². The quantitative estimate of drug-likeness (QED) is 0.513. The third kappa shape index (κ3) is 21.5. The summed E-state index contributed by atoms with van der Waals surface area (Å²) in [6.07, 6.45) is 0. The standard InChI is InChI=1S/C2N2.HI/c3-1-2-4;/h;1H. The molecule has 5 heavy (non-hydrogen) atoms. The summed E-state index contributed by atoms with van der Waals surface area (Å²) in [5, 5.41) is 14.5. The van der Waals surface area contributed by atoms with E-state index in [4.69, 9.17) is 10.5 Å². The molecule has 0 saturated heterocycles. The van der Waals surface area contributed by atoms with Gasteiger partial charge in [-0.1, -0.05) is 0 Å². The Kier molecular flexibility index (Phi) is 16.5. The van der Waals surface area contributed by atoms with Crippen molar-refractivity contribution in [2.24, 2.45) is 0 Å². The van der Waals surface area contributed by atoms with E-state index in [2.05, 4.69) is 0 Å². The summed E-state index contributed by atoms with van der Waals surface area (Å²) in [7, 11) is 0. The molecule has 0 atom stereocenters. The predicted octanol–water partition coefficient (Wildman–Crippen LogP) is 0.652. The lowest BCUT2D eigenvalue weighted by Crippen LogP contribution is -1.26. The van der Waals surface area contributed by atoms with Crippen molar-refractivity contribution in [2.75, 3.05) is 0 Å². The highest BCUT2D eigenvalue weighted by atomic mass is 127. The molecule has 0 fully saturated rings. The first-order valence-electron chi connectivity index (χ1n) is 0.697. The van der Waals surface area contributed by atoms with Crippen molar-refractivity contribution in [1.82, 2.24) is 0 Å². The monoisotopic (exact) mass is 180 g/mol. The maximum absolute atomic E-state index is 7.26. The molecule has 0 saturated carbocycles. The van der Waals surface area contributed by atoms with Crippen molar-refractivity contribution in [3.63, 3.8) is 0 Å². The SMILES string of the molecule is I.N#CC#N. The molecule has 26 valence electrons. The van der Waals surface area contributed by atoms with Gasteiger partial charge in [0.05, 0.1) is 0 Å². The summed E-state index contributed by atoms with van der Waals surface area (Å²) in [5.41, 5.74) is 0. The second-order valence-electron chi connectivity index (χ2n) is 0.224. The van der Waals surface area contributed by atoms with Gasteiger partial charge in [-0.05, 0) is 0 Å². The van der Waals surface area contributed by atoms with Crippen LogP contribution in [0, 0.1) is 22.7 Å². The normalized spacial score (nSPS) is 2.00. The minimum Gasteiger partial charge on any atom is -0.181 e. The number of hydrogen-bond donors (Lipinski definition) is 0. The zero-order valence-corrected chi connectivity index (χ0v) is 4.63. The van der Waals surface area contributed by atoms with Crippen molar-refractivity contribution in [2.45, 2.75) is 0 Å². The van der Waals surface area contributed by atoms with Crippen LogP contribution >= 0.6 is 24.0 Å². The zero-order valence-electron chi connectivity index (χ0n) is 2.30. The minimum absolute atomic E-state index is 0. The first kappa shape index (κ1) is 8.83. The van der Waals surface area contributed by atoms with Gasteiger partial charge in [-0.15, -0.1) is 24.0 Å². The Morgan fingerprint density at radius 3 is 1.20 bits per heavy atom. The summed E-state index contributed by atoms with van der Waals surface area (Å²) in [5.74, 6) is 0. The number of nitrogens with zero attached hydrogens (tertiary/aromatic N) is 2. The summed E-state index contributed by atoms with van der Waals surface area (Å²) < 4.78 is 0. The largest absolute Gasteiger partial charge is 0.181 e. The van der Waals surface area contributed by atoms with Crippen LogP contribution in [0.25, 0.3) is 0 Å². The van der Waals surface area contributed by atoms with Crippen LogP contribution in [0.1, 0.15) is 0 Å². The molecule has 0 aromatic rings. The Morgan fingerprint density at radius 2 is 1.20 bits per heavy atom. The Labute approximate surface area is 47.0 Å². The van der Waals surface area contributed by atoms with Gasteiger partial charge in [0, 0.05) is 0 Å². The first-order chi connectivity index (χ1) is 1.91. The highest BCUT2D eigenvalue weighted by molar-refractivity contribution is 14.0. The van der Waals surface area contributed by atoms with Gasteiger partial charge < -0.3 is 0 Å². The van der Waals surface area contributed by atoms with E-state index in [1.807, 2.05) is 0 Å². The van der Waals surface area contributed by atoms with Gasteiger partial charge in [0.15, 0.2) is 12.1 Å². The van der Waals surface area contributed by atoms with E-state index < -0.39 is 0 Å². The third-order valence-corrected chi connectivity index (χ3v) is 0.0500. The molecule has 0 rings (SSSR count). The molecule has 3 heteroatoms. The van der Waals surface area contributed by atoms with Crippen LogP contribution in [0.2, 0.25) is 0 Å². The first-order valence-corrected chi connectivity index (χ1v) is 0.697. The van der Waals surface area contributed by atoms with Crippen LogP contribution in [-0.4, -0.2) is 0 Å². The van der Waals surface area contributed by atoms with E-state index in [-0.39, 0.29) is 24.0 Å². The molecule has 0 radical (unpaired) electrons. The smallest absolute Gasteiger partial charge is 0.181 e. The van der Waals surface area contributed by atoms with Gasteiger partial charge in [-0.3, -0.25) is 0 Å². The van der Waals surface area contributed by atoms with Crippen LogP contribution in [0.4, 0.5) is 0 Å². The topological polar surface area (TPSA) is 47.6 Å². The van der Waals surface area contributed by atoms with Gasteiger partial charge in [0.2, 0.25) is 0 Å². The van der Waals surface area contributed by atoms with Gasteiger partial charge in [0.25, 0.3) is 0 Å². The summed E-state index contributed by atoms with van der Waals surface area (Å²) in [6.45, 7) is 0. The third-order valence-electron chi connectivity index (χ3n) is 0.0500. The van der Waals surface area contributed by atoms with Crippen molar-refractivity contribution in [1.29, 1.82) is 10.5 Å². The number of halogens is 1.